The first-order chi connectivity index (χ1) is 29.8. The average Bonchev–Trinajstić information content (AvgIpc) is 3.74. The summed E-state index contributed by atoms with van der Waals surface area (Å²) in [5.74, 6) is 2.11. The topological polar surface area (TPSA) is 287 Å². The van der Waals surface area contributed by atoms with Crippen molar-refractivity contribution in [1.29, 1.82) is 0 Å². The second-order valence-corrected chi connectivity index (χ2v) is 20.5. The molecule has 0 aromatic rings. The molecule has 0 aromatic heterocycles. The molecule has 0 bridgehead atoms. The van der Waals surface area contributed by atoms with Crippen LogP contribution in [0, 0.1) is 40.4 Å². The van der Waals surface area contributed by atoms with Gasteiger partial charge in [-0.3, -0.25) is 0 Å². The van der Waals surface area contributed by atoms with E-state index in [2.05, 4.69) is 26.8 Å². The maximum atomic E-state index is 11.0. The van der Waals surface area contributed by atoms with Gasteiger partial charge in [0.2, 0.25) is 0 Å². The standard InChI is InChI=1S/C45H72O18/c1-18(17-57-43-40(37(54)34(51)29(16-47)61-43)63-41-38(55)35(52)32(49)20(3)58-41)6-9-26-19(2)31-27(59-26)14-25-23-8-7-21-12-22(48)13-30(45(21,5)24(23)10-11-44(25,31)4)62-42-39(56)36(53)33(50)28(15-46)60-42/h7,18,20,22-25,27-43,46-56H,6,8-17H2,1-5H3. The number of aliphatic hydroxyl groups excluding tert-OH is 11. The third-order valence-electron chi connectivity index (χ3n) is 16.8. The predicted molar refractivity (Wildman–Crippen MR) is 218 cm³/mol. The van der Waals surface area contributed by atoms with E-state index in [1.54, 1.807) is 0 Å². The molecule has 18 nitrogen and oxygen atoms in total. The van der Waals surface area contributed by atoms with Gasteiger partial charge >= 0.3 is 0 Å². The van der Waals surface area contributed by atoms with E-state index in [9.17, 15) is 56.2 Å². The van der Waals surface area contributed by atoms with Gasteiger partial charge in [0.15, 0.2) is 18.9 Å². The highest BCUT2D eigenvalue weighted by Crippen LogP contribution is 2.69. The second kappa shape index (κ2) is 18.6. The molecular weight excluding hydrogens is 828 g/mol. The molecule has 0 radical (unpaired) electrons. The highest BCUT2D eigenvalue weighted by atomic mass is 16.8. The Kier molecular flexibility index (Phi) is 14.2. The van der Waals surface area contributed by atoms with Crippen molar-refractivity contribution in [3.8, 4) is 0 Å². The van der Waals surface area contributed by atoms with E-state index in [1.807, 2.05) is 6.92 Å². The fourth-order valence-electron chi connectivity index (χ4n) is 13.1. The number of aliphatic hydroxyl groups is 11. The Bertz CT molecular complexity index is 1660. The van der Waals surface area contributed by atoms with Crippen molar-refractivity contribution in [3.63, 3.8) is 0 Å². The number of fused-ring (bicyclic) bond motifs is 7. The van der Waals surface area contributed by atoms with Gasteiger partial charge in [-0.05, 0) is 87.0 Å². The van der Waals surface area contributed by atoms with Crippen LogP contribution in [0.4, 0.5) is 0 Å². The SMILES string of the molecule is CC1=C(CCC(C)COC2OC(CO)C(O)C(O)C2OC2OC(C)C(O)C(O)C2O)OC2CC3C4CC=C5CC(O)CC(OC6OC(CO)C(O)C(O)C6O)C5(C)C4CCC3(C)C12. The zero-order valence-electron chi connectivity index (χ0n) is 36.9. The Hall–Kier alpha value is -1.40. The Balaban J connectivity index is 0.908. The monoisotopic (exact) mass is 900 g/mol. The Morgan fingerprint density at radius 3 is 2.08 bits per heavy atom. The van der Waals surface area contributed by atoms with E-state index in [0.717, 1.165) is 37.0 Å². The zero-order valence-corrected chi connectivity index (χ0v) is 36.9. The van der Waals surface area contributed by atoms with E-state index < -0.39 is 123 Å². The van der Waals surface area contributed by atoms with Gasteiger partial charge in [0, 0.05) is 24.2 Å². The van der Waals surface area contributed by atoms with Crippen molar-refractivity contribution in [2.24, 2.45) is 40.4 Å². The molecule has 8 rings (SSSR count). The summed E-state index contributed by atoms with van der Waals surface area (Å²) in [5, 5.41) is 115. The number of allylic oxidation sites excluding steroid dienone is 2. The third-order valence-corrected chi connectivity index (χ3v) is 16.8. The van der Waals surface area contributed by atoms with Crippen LogP contribution in [0.2, 0.25) is 0 Å². The Morgan fingerprint density at radius 2 is 1.40 bits per heavy atom. The summed E-state index contributed by atoms with van der Waals surface area (Å²) in [6, 6.07) is 0. The minimum Gasteiger partial charge on any atom is -0.494 e. The van der Waals surface area contributed by atoms with Gasteiger partial charge in [-0.15, -0.1) is 0 Å². The fourth-order valence-corrected chi connectivity index (χ4v) is 13.1. The van der Waals surface area contributed by atoms with Gasteiger partial charge in [0.05, 0.1) is 43.9 Å². The molecule has 0 amide bonds. The molecule has 360 valence electrons. The fraction of sp³-hybridized carbons (Fsp3) is 0.911. The Labute approximate surface area is 368 Å². The van der Waals surface area contributed by atoms with E-state index in [4.69, 9.17) is 33.2 Å². The normalized spacial score (nSPS) is 52.6. The molecule has 25 atom stereocenters. The molecule has 18 heteroatoms. The molecular formula is C45H72O18. The lowest BCUT2D eigenvalue weighted by atomic mass is 9.46. The van der Waals surface area contributed by atoms with E-state index in [1.165, 1.54) is 12.5 Å². The molecule has 6 fully saturated rings. The molecule has 3 saturated heterocycles. The van der Waals surface area contributed by atoms with Crippen LogP contribution >= 0.6 is 0 Å². The maximum absolute atomic E-state index is 11.0. The molecule has 0 spiro atoms. The first-order valence-electron chi connectivity index (χ1n) is 23.1. The van der Waals surface area contributed by atoms with Crippen LogP contribution in [0.25, 0.3) is 0 Å². The molecule has 63 heavy (non-hydrogen) atoms. The smallest absolute Gasteiger partial charge is 0.187 e. The molecule has 4 heterocycles. The van der Waals surface area contributed by atoms with Gasteiger partial charge in [0.1, 0.15) is 73.2 Å². The first-order valence-corrected chi connectivity index (χ1v) is 23.1. The van der Waals surface area contributed by atoms with Crippen molar-refractivity contribution in [1.82, 2.24) is 0 Å². The van der Waals surface area contributed by atoms with Crippen molar-refractivity contribution in [2.45, 2.75) is 196 Å². The van der Waals surface area contributed by atoms with E-state index >= 15 is 0 Å². The molecule has 3 saturated carbocycles. The van der Waals surface area contributed by atoms with Crippen LogP contribution < -0.4 is 0 Å². The van der Waals surface area contributed by atoms with Gasteiger partial charge in [0.25, 0.3) is 0 Å². The van der Waals surface area contributed by atoms with Crippen LogP contribution in [-0.4, -0.2) is 186 Å². The lowest BCUT2D eigenvalue weighted by Gasteiger charge is -2.60. The van der Waals surface area contributed by atoms with Crippen LogP contribution in [0.3, 0.4) is 0 Å². The Morgan fingerprint density at radius 1 is 0.762 bits per heavy atom. The largest absolute Gasteiger partial charge is 0.494 e. The summed E-state index contributed by atoms with van der Waals surface area (Å²) in [7, 11) is 0. The quantitative estimate of drug-likeness (QED) is 0.106. The summed E-state index contributed by atoms with van der Waals surface area (Å²) in [6.07, 6.45) is -13.8. The minimum atomic E-state index is -1.66. The van der Waals surface area contributed by atoms with E-state index in [-0.39, 0.29) is 35.9 Å². The van der Waals surface area contributed by atoms with Crippen LogP contribution in [-0.2, 0) is 33.2 Å². The molecule has 4 aliphatic heterocycles. The highest BCUT2D eigenvalue weighted by Gasteiger charge is 2.65. The summed E-state index contributed by atoms with van der Waals surface area (Å²) >= 11 is 0. The van der Waals surface area contributed by atoms with Gasteiger partial charge in [-0.2, -0.15) is 0 Å². The first kappa shape index (κ1) is 48.1. The summed E-state index contributed by atoms with van der Waals surface area (Å²) < 4.78 is 42.5. The second-order valence-electron chi connectivity index (χ2n) is 20.5. The number of hydrogen-bond donors (Lipinski definition) is 11. The lowest BCUT2D eigenvalue weighted by Crippen LogP contribution is -2.64. The molecule has 8 aliphatic rings. The summed E-state index contributed by atoms with van der Waals surface area (Å²) in [6.45, 7) is 9.31. The van der Waals surface area contributed by atoms with Crippen molar-refractivity contribution in [2.75, 3.05) is 19.8 Å². The molecule has 25 unspecified atom stereocenters. The van der Waals surface area contributed by atoms with Crippen LogP contribution in [0.5, 0.6) is 0 Å². The predicted octanol–water partition coefficient (Wildman–Crippen LogP) is -0.911. The van der Waals surface area contributed by atoms with Crippen LogP contribution in [0.1, 0.15) is 86.0 Å². The molecule has 11 N–H and O–H groups in total. The minimum absolute atomic E-state index is 0.0145. The highest BCUT2D eigenvalue weighted by molar-refractivity contribution is 5.31. The van der Waals surface area contributed by atoms with Gasteiger partial charge in [-0.25, -0.2) is 0 Å². The van der Waals surface area contributed by atoms with E-state index in [0.29, 0.717) is 37.5 Å². The number of rotatable bonds is 12. The summed E-state index contributed by atoms with van der Waals surface area (Å²) in [4.78, 5) is 0. The number of ether oxygens (including phenoxy) is 7. The van der Waals surface area contributed by atoms with Gasteiger partial charge < -0.3 is 89.3 Å². The number of hydrogen-bond acceptors (Lipinski definition) is 18. The summed E-state index contributed by atoms with van der Waals surface area (Å²) in [5.41, 5.74) is 1.91. The van der Waals surface area contributed by atoms with Crippen molar-refractivity contribution in [3.05, 3.63) is 23.0 Å². The lowest BCUT2D eigenvalue weighted by molar-refractivity contribution is -0.365. The maximum Gasteiger partial charge on any atom is 0.187 e. The molecule has 4 aliphatic carbocycles. The zero-order chi connectivity index (χ0) is 45.4. The van der Waals surface area contributed by atoms with Gasteiger partial charge in [-0.1, -0.05) is 32.4 Å². The molecule has 0 aromatic carbocycles. The van der Waals surface area contributed by atoms with Crippen molar-refractivity contribution >= 4 is 0 Å². The van der Waals surface area contributed by atoms with Crippen molar-refractivity contribution < 1.29 is 89.3 Å². The third kappa shape index (κ3) is 8.38. The average molecular weight is 901 g/mol. The van der Waals surface area contributed by atoms with Crippen LogP contribution in [0.15, 0.2) is 23.0 Å².